The second kappa shape index (κ2) is 7.11. The number of hydrogen-bond acceptors (Lipinski definition) is 5. The first-order valence-corrected chi connectivity index (χ1v) is 8.90. The van der Waals surface area contributed by atoms with Gasteiger partial charge in [0.1, 0.15) is 11.6 Å². The molecule has 0 radical (unpaired) electrons. The Bertz CT molecular complexity index is 954. The molecule has 1 amide bonds. The minimum Gasteiger partial charge on any atom is -0.354 e. The molecule has 2 aliphatic rings. The Morgan fingerprint density at radius 3 is 2.34 bits per heavy atom. The van der Waals surface area contributed by atoms with Gasteiger partial charge in [0.25, 0.3) is 5.78 Å². The number of nitrogens with zero attached hydrogens (tertiary/aromatic N) is 4. The lowest BCUT2D eigenvalue weighted by Crippen LogP contribution is -2.51. The Morgan fingerprint density at radius 1 is 1.00 bits per heavy atom. The molecule has 3 heterocycles. The van der Waals surface area contributed by atoms with Gasteiger partial charge in [-0.2, -0.15) is 13.2 Å². The first-order chi connectivity index (χ1) is 13.7. The topological polar surface area (TPSA) is 56.8 Å². The number of carbonyl (C=O) groups is 2. The summed E-state index contributed by atoms with van der Waals surface area (Å²) in [6.45, 7) is 2.13. The van der Waals surface area contributed by atoms with E-state index in [0.717, 1.165) is 18.3 Å². The van der Waals surface area contributed by atoms with Gasteiger partial charge in [-0.15, -0.1) is 0 Å². The number of anilines is 2. The molecule has 0 spiro atoms. The molecule has 2 aliphatic heterocycles. The van der Waals surface area contributed by atoms with E-state index < -0.39 is 29.2 Å². The molecule has 152 valence electrons. The maximum atomic E-state index is 13.6. The Kier molecular flexibility index (Phi) is 4.73. The Morgan fingerprint density at radius 2 is 1.72 bits per heavy atom. The van der Waals surface area contributed by atoms with Crippen molar-refractivity contribution in [1.82, 2.24) is 9.88 Å². The van der Waals surface area contributed by atoms with Crippen molar-refractivity contribution in [2.45, 2.75) is 6.18 Å². The van der Waals surface area contributed by atoms with E-state index in [1.807, 2.05) is 9.80 Å². The Hall–Kier alpha value is -3.01. The molecule has 1 fully saturated rings. The predicted octanol–water partition coefficient (Wildman–Crippen LogP) is 2.55. The predicted molar refractivity (Wildman–Crippen MR) is 96.1 cm³/mol. The minimum atomic E-state index is -4.43. The van der Waals surface area contributed by atoms with Crippen LogP contribution in [0.2, 0.25) is 0 Å². The van der Waals surface area contributed by atoms with Crippen molar-refractivity contribution in [2.24, 2.45) is 0 Å². The van der Waals surface area contributed by atoms with Gasteiger partial charge in [-0.3, -0.25) is 19.4 Å². The zero-order chi connectivity index (χ0) is 20.8. The summed E-state index contributed by atoms with van der Waals surface area (Å²) < 4.78 is 51.5. The number of fused-ring (bicyclic) bond motifs is 1. The van der Waals surface area contributed by atoms with Crippen LogP contribution in [0.4, 0.5) is 29.1 Å². The summed E-state index contributed by atoms with van der Waals surface area (Å²) in [5.74, 6) is -1.45. The van der Waals surface area contributed by atoms with Gasteiger partial charge in [-0.25, -0.2) is 9.37 Å². The van der Waals surface area contributed by atoms with Crippen LogP contribution in [0.25, 0.3) is 0 Å². The van der Waals surface area contributed by atoms with Gasteiger partial charge in [-0.05, 0) is 30.3 Å². The molecule has 1 saturated heterocycles. The maximum Gasteiger partial charge on any atom is 0.417 e. The maximum absolute atomic E-state index is 13.6. The number of aromatic nitrogens is 1. The fraction of sp³-hybridized carbons (Fsp3) is 0.316. The SMILES string of the molecule is O=C1C(=O)N(CN2CCN(c3ccc(C(F)(F)F)cn3)CC2)c2cc(F)ccc21. The van der Waals surface area contributed by atoms with E-state index in [9.17, 15) is 27.2 Å². The molecular weight excluding hydrogens is 392 g/mol. The first kappa shape index (κ1) is 19.3. The largest absolute Gasteiger partial charge is 0.417 e. The summed E-state index contributed by atoms with van der Waals surface area (Å²) in [5.41, 5.74) is -0.362. The van der Waals surface area contributed by atoms with E-state index >= 15 is 0 Å². The third-order valence-corrected chi connectivity index (χ3v) is 5.05. The molecule has 0 aliphatic carbocycles. The second-order valence-corrected chi connectivity index (χ2v) is 6.87. The van der Waals surface area contributed by atoms with Crippen molar-refractivity contribution in [3.63, 3.8) is 0 Å². The highest BCUT2D eigenvalue weighted by molar-refractivity contribution is 6.52. The van der Waals surface area contributed by atoms with Crippen LogP contribution in [0.15, 0.2) is 36.5 Å². The standard InChI is InChI=1S/C19H16F4N4O2/c20-13-2-3-14-15(9-13)27(18(29)17(14)28)11-25-5-7-26(8-6-25)16-4-1-12(10-24-16)19(21,22)23/h1-4,9-10H,5-8,11H2. The molecule has 1 aromatic heterocycles. The van der Waals surface area contributed by atoms with Crippen LogP contribution in [0.3, 0.4) is 0 Å². The summed E-state index contributed by atoms with van der Waals surface area (Å²) in [6, 6.07) is 5.94. The van der Waals surface area contributed by atoms with E-state index in [-0.39, 0.29) is 17.9 Å². The number of ketones is 1. The van der Waals surface area contributed by atoms with E-state index in [2.05, 4.69) is 4.98 Å². The van der Waals surface area contributed by atoms with Crippen molar-refractivity contribution in [2.75, 3.05) is 42.6 Å². The number of amides is 1. The lowest BCUT2D eigenvalue weighted by molar-refractivity contribution is -0.137. The van der Waals surface area contributed by atoms with Gasteiger partial charge < -0.3 is 4.90 Å². The first-order valence-electron chi connectivity index (χ1n) is 8.90. The molecule has 6 nitrogen and oxygen atoms in total. The summed E-state index contributed by atoms with van der Waals surface area (Å²) in [7, 11) is 0. The van der Waals surface area contributed by atoms with Gasteiger partial charge in [-0.1, -0.05) is 0 Å². The molecular formula is C19H16F4N4O2. The van der Waals surface area contributed by atoms with Crippen LogP contribution in [-0.4, -0.2) is 54.4 Å². The number of Topliss-reactive ketones (excluding diaryl/α,β-unsaturated/α-hetero) is 1. The number of carbonyl (C=O) groups excluding carboxylic acids is 2. The molecule has 29 heavy (non-hydrogen) atoms. The van der Waals surface area contributed by atoms with Crippen molar-refractivity contribution < 1.29 is 27.2 Å². The summed E-state index contributed by atoms with van der Waals surface area (Å²) >= 11 is 0. The second-order valence-electron chi connectivity index (χ2n) is 6.87. The highest BCUT2D eigenvalue weighted by Crippen LogP contribution is 2.31. The molecule has 10 heteroatoms. The molecule has 0 atom stereocenters. The van der Waals surface area contributed by atoms with E-state index in [1.165, 1.54) is 23.1 Å². The average molecular weight is 408 g/mol. The highest BCUT2D eigenvalue weighted by atomic mass is 19.4. The van der Waals surface area contributed by atoms with Gasteiger partial charge in [0.2, 0.25) is 0 Å². The lowest BCUT2D eigenvalue weighted by Gasteiger charge is -2.37. The molecule has 1 aromatic carbocycles. The van der Waals surface area contributed by atoms with Crippen LogP contribution >= 0.6 is 0 Å². The zero-order valence-corrected chi connectivity index (χ0v) is 15.1. The van der Waals surface area contributed by atoms with E-state index in [4.69, 9.17) is 0 Å². The number of rotatable bonds is 3. The number of alkyl halides is 3. The highest BCUT2D eigenvalue weighted by Gasteiger charge is 2.37. The van der Waals surface area contributed by atoms with Crippen LogP contribution in [-0.2, 0) is 11.0 Å². The molecule has 0 bridgehead atoms. The molecule has 2 aromatic rings. The number of piperazine rings is 1. The summed E-state index contributed by atoms with van der Waals surface area (Å²) in [6.07, 6.45) is -3.62. The average Bonchev–Trinajstić information content (AvgIpc) is 2.92. The number of benzene rings is 1. The van der Waals surface area contributed by atoms with E-state index in [1.54, 1.807) is 0 Å². The van der Waals surface area contributed by atoms with Gasteiger partial charge in [0, 0.05) is 32.4 Å². The van der Waals surface area contributed by atoms with Crippen molar-refractivity contribution in [1.29, 1.82) is 0 Å². The minimum absolute atomic E-state index is 0.134. The molecule has 0 saturated carbocycles. The normalized spacial score (nSPS) is 17.8. The van der Waals surface area contributed by atoms with Crippen LogP contribution in [0, 0.1) is 5.82 Å². The molecule has 4 rings (SSSR count). The molecule has 0 N–H and O–H groups in total. The summed E-state index contributed by atoms with van der Waals surface area (Å²) in [4.78, 5) is 33.2. The Balaban J connectivity index is 1.40. The smallest absolute Gasteiger partial charge is 0.354 e. The summed E-state index contributed by atoms with van der Waals surface area (Å²) in [5, 5.41) is 0. The zero-order valence-electron chi connectivity index (χ0n) is 15.1. The number of halogens is 4. The van der Waals surface area contributed by atoms with E-state index in [0.29, 0.717) is 32.0 Å². The Labute approximate surface area is 163 Å². The van der Waals surface area contributed by atoms with Crippen LogP contribution < -0.4 is 9.80 Å². The number of hydrogen-bond donors (Lipinski definition) is 0. The van der Waals surface area contributed by atoms with Gasteiger partial charge >= 0.3 is 12.1 Å². The number of pyridine rings is 1. The van der Waals surface area contributed by atoms with Crippen molar-refractivity contribution in [3.05, 3.63) is 53.5 Å². The fourth-order valence-electron chi connectivity index (χ4n) is 3.47. The quantitative estimate of drug-likeness (QED) is 0.577. The van der Waals surface area contributed by atoms with Crippen molar-refractivity contribution in [3.8, 4) is 0 Å². The van der Waals surface area contributed by atoms with Crippen molar-refractivity contribution >= 4 is 23.2 Å². The third-order valence-electron chi connectivity index (χ3n) is 5.05. The molecule has 0 unspecified atom stereocenters. The monoisotopic (exact) mass is 408 g/mol. The van der Waals surface area contributed by atoms with Gasteiger partial charge in [0.15, 0.2) is 0 Å². The van der Waals surface area contributed by atoms with Gasteiger partial charge in [0.05, 0.1) is 23.5 Å². The van der Waals surface area contributed by atoms with Crippen LogP contribution in [0.1, 0.15) is 15.9 Å². The lowest BCUT2D eigenvalue weighted by atomic mass is 10.1. The van der Waals surface area contributed by atoms with Crippen LogP contribution in [0.5, 0.6) is 0 Å². The fourth-order valence-corrected chi connectivity index (χ4v) is 3.47. The third kappa shape index (κ3) is 3.67.